The minimum Gasteiger partial charge on any atom is -0.357 e. The fourth-order valence-corrected chi connectivity index (χ4v) is 4.55. The van der Waals surface area contributed by atoms with Gasteiger partial charge in [0.1, 0.15) is 0 Å². The predicted octanol–water partition coefficient (Wildman–Crippen LogP) is 3.70. The summed E-state index contributed by atoms with van der Waals surface area (Å²) < 4.78 is 0. The first-order valence-corrected chi connectivity index (χ1v) is 10.5. The molecule has 1 aliphatic rings. The van der Waals surface area contributed by atoms with Crippen LogP contribution < -0.4 is 10.6 Å². The monoisotopic (exact) mass is 362 g/mol. The molecule has 0 aromatic carbocycles. The lowest BCUT2D eigenvalue weighted by atomic mass is 10.2. The number of likely N-dealkylation sites (tertiary alicyclic amines) is 1. The largest absolute Gasteiger partial charge is 0.357 e. The number of guanidine groups is 1. The van der Waals surface area contributed by atoms with Gasteiger partial charge in [-0.25, -0.2) is 4.99 Å². The summed E-state index contributed by atoms with van der Waals surface area (Å²) in [6.07, 6.45) is 2.63. The second-order valence-electron chi connectivity index (χ2n) is 5.98. The Kier molecular flexibility index (Phi) is 6.69. The normalized spacial score (nSPS) is 17.1. The topological polar surface area (TPSA) is 39.7 Å². The Balaban J connectivity index is 1.63. The summed E-state index contributed by atoms with van der Waals surface area (Å²) in [5.74, 6) is 0.907. The number of nitrogens with one attached hydrogen (secondary N) is 2. The lowest BCUT2D eigenvalue weighted by Gasteiger charge is -2.27. The Hall–Kier alpha value is -1.37. The van der Waals surface area contributed by atoms with Crippen LogP contribution in [0.4, 0.5) is 0 Å². The average Bonchev–Trinajstić information content (AvgIpc) is 3.35. The number of hydrogen-bond donors (Lipinski definition) is 2. The van der Waals surface area contributed by atoms with Crippen molar-refractivity contribution >= 4 is 28.6 Å². The van der Waals surface area contributed by atoms with Gasteiger partial charge in [-0.3, -0.25) is 4.90 Å². The molecular weight excluding hydrogens is 336 g/mol. The fraction of sp³-hybridized carbons (Fsp3) is 0.500. The van der Waals surface area contributed by atoms with Crippen molar-refractivity contribution in [2.24, 2.45) is 4.99 Å². The molecule has 2 N–H and O–H groups in total. The van der Waals surface area contributed by atoms with Crippen molar-refractivity contribution in [1.29, 1.82) is 0 Å². The fourth-order valence-electron chi connectivity index (χ4n) is 3.03. The molecule has 4 nitrogen and oxygen atoms in total. The van der Waals surface area contributed by atoms with Crippen molar-refractivity contribution in [3.05, 3.63) is 44.8 Å². The third kappa shape index (κ3) is 4.82. The van der Waals surface area contributed by atoms with E-state index in [9.17, 15) is 0 Å². The Morgan fingerprint density at radius 2 is 2.12 bits per heavy atom. The molecule has 0 spiro atoms. The quantitative estimate of drug-likeness (QED) is 0.583. The SMILES string of the molecule is CCNC(=NCc1ccsc1)NCC(c1cccs1)N1CCCC1. The molecule has 1 atom stereocenters. The van der Waals surface area contributed by atoms with Crippen LogP contribution in [0.25, 0.3) is 0 Å². The Labute approximate surface area is 152 Å². The molecule has 0 saturated carbocycles. The molecule has 0 aliphatic carbocycles. The highest BCUT2D eigenvalue weighted by Crippen LogP contribution is 2.27. The first-order valence-electron chi connectivity index (χ1n) is 8.67. The van der Waals surface area contributed by atoms with Gasteiger partial charge in [0.05, 0.1) is 12.6 Å². The second kappa shape index (κ2) is 9.20. The number of nitrogens with zero attached hydrogens (tertiary/aromatic N) is 2. The smallest absolute Gasteiger partial charge is 0.191 e. The number of hydrogen-bond acceptors (Lipinski definition) is 4. The van der Waals surface area contributed by atoms with E-state index in [2.05, 4.69) is 56.8 Å². The van der Waals surface area contributed by atoms with Gasteiger partial charge >= 0.3 is 0 Å². The van der Waals surface area contributed by atoms with Crippen LogP contribution in [0.3, 0.4) is 0 Å². The molecule has 3 rings (SSSR count). The van der Waals surface area contributed by atoms with Gasteiger partial charge in [0.2, 0.25) is 0 Å². The third-order valence-electron chi connectivity index (χ3n) is 4.26. The van der Waals surface area contributed by atoms with E-state index in [1.54, 1.807) is 11.3 Å². The van der Waals surface area contributed by atoms with Crippen molar-refractivity contribution in [2.75, 3.05) is 26.2 Å². The van der Waals surface area contributed by atoms with Crippen molar-refractivity contribution in [1.82, 2.24) is 15.5 Å². The van der Waals surface area contributed by atoms with E-state index in [4.69, 9.17) is 4.99 Å². The summed E-state index contributed by atoms with van der Waals surface area (Å²) in [7, 11) is 0. The van der Waals surface area contributed by atoms with Crippen LogP contribution in [-0.4, -0.2) is 37.0 Å². The van der Waals surface area contributed by atoms with Gasteiger partial charge < -0.3 is 10.6 Å². The van der Waals surface area contributed by atoms with Crippen molar-refractivity contribution in [3.8, 4) is 0 Å². The van der Waals surface area contributed by atoms with Crippen molar-refractivity contribution < 1.29 is 0 Å². The predicted molar refractivity (Wildman–Crippen MR) is 105 cm³/mol. The van der Waals surface area contributed by atoms with E-state index in [1.807, 2.05) is 11.3 Å². The lowest BCUT2D eigenvalue weighted by molar-refractivity contribution is 0.249. The Bertz CT molecular complexity index is 601. The molecule has 0 amide bonds. The van der Waals surface area contributed by atoms with E-state index < -0.39 is 0 Å². The third-order valence-corrected chi connectivity index (χ3v) is 5.97. The molecule has 0 bridgehead atoms. The lowest BCUT2D eigenvalue weighted by Crippen LogP contribution is -2.42. The van der Waals surface area contributed by atoms with Crippen LogP contribution in [0.2, 0.25) is 0 Å². The van der Waals surface area contributed by atoms with Gasteiger partial charge in [-0.05, 0) is 66.7 Å². The molecule has 6 heteroatoms. The maximum atomic E-state index is 4.72. The van der Waals surface area contributed by atoms with Gasteiger partial charge in [0.25, 0.3) is 0 Å². The molecule has 1 unspecified atom stereocenters. The zero-order valence-electron chi connectivity index (χ0n) is 14.2. The molecule has 1 fully saturated rings. The minimum absolute atomic E-state index is 0.442. The highest BCUT2D eigenvalue weighted by molar-refractivity contribution is 7.10. The van der Waals surface area contributed by atoms with E-state index >= 15 is 0 Å². The molecule has 1 saturated heterocycles. The first-order chi connectivity index (χ1) is 11.9. The maximum absolute atomic E-state index is 4.72. The first kappa shape index (κ1) is 17.5. The molecule has 1 aliphatic heterocycles. The van der Waals surface area contributed by atoms with Crippen LogP contribution >= 0.6 is 22.7 Å². The molecule has 130 valence electrons. The highest BCUT2D eigenvalue weighted by Gasteiger charge is 2.24. The van der Waals surface area contributed by atoms with Crippen LogP contribution in [0.1, 0.15) is 36.2 Å². The van der Waals surface area contributed by atoms with Crippen molar-refractivity contribution in [3.63, 3.8) is 0 Å². The Morgan fingerprint density at radius 3 is 2.79 bits per heavy atom. The summed E-state index contributed by atoms with van der Waals surface area (Å²) in [4.78, 5) is 8.76. The van der Waals surface area contributed by atoms with E-state index in [1.165, 1.54) is 36.4 Å². The molecule has 0 radical (unpaired) electrons. The highest BCUT2D eigenvalue weighted by atomic mass is 32.1. The summed E-state index contributed by atoms with van der Waals surface area (Å²) in [5.41, 5.74) is 1.27. The zero-order chi connectivity index (χ0) is 16.6. The van der Waals surface area contributed by atoms with E-state index in [-0.39, 0.29) is 0 Å². The van der Waals surface area contributed by atoms with Crippen LogP contribution in [-0.2, 0) is 6.54 Å². The van der Waals surface area contributed by atoms with E-state index in [0.717, 1.165) is 25.6 Å². The van der Waals surface area contributed by atoms with Gasteiger partial charge in [0.15, 0.2) is 5.96 Å². The zero-order valence-corrected chi connectivity index (χ0v) is 15.8. The van der Waals surface area contributed by atoms with Crippen LogP contribution in [0.15, 0.2) is 39.3 Å². The van der Waals surface area contributed by atoms with Crippen LogP contribution in [0, 0.1) is 0 Å². The number of thiophene rings is 2. The molecule has 2 aromatic rings. The molecule has 24 heavy (non-hydrogen) atoms. The maximum Gasteiger partial charge on any atom is 0.191 e. The Morgan fingerprint density at radius 1 is 1.25 bits per heavy atom. The number of aliphatic imine (C=N–C) groups is 1. The molecule has 3 heterocycles. The van der Waals surface area contributed by atoms with Gasteiger partial charge in [-0.1, -0.05) is 6.07 Å². The average molecular weight is 363 g/mol. The summed E-state index contributed by atoms with van der Waals surface area (Å²) >= 11 is 3.58. The van der Waals surface area contributed by atoms with Crippen molar-refractivity contribution in [2.45, 2.75) is 32.4 Å². The summed E-state index contributed by atoms with van der Waals surface area (Å²) in [6, 6.07) is 6.98. The second-order valence-corrected chi connectivity index (χ2v) is 7.74. The van der Waals surface area contributed by atoms with E-state index in [0.29, 0.717) is 6.04 Å². The molecular formula is C18H26N4S2. The standard InChI is InChI=1S/C18H26N4S2/c1-2-19-18(20-12-15-7-11-23-14-15)21-13-16(17-6-5-10-24-17)22-8-3-4-9-22/h5-7,10-11,14,16H,2-4,8-9,12-13H2,1H3,(H2,19,20,21). The van der Waals surface area contributed by atoms with Gasteiger partial charge in [0, 0.05) is 18.0 Å². The van der Waals surface area contributed by atoms with Gasteiger partial charge in [-0.2, -0.15) is 11.3 Å². The minimum atomic E-state index is 0.442. The summed E-state index contributed by atoms with van der Waals surface area (Å²) in [6.45, 7) is 7.02. The summed E-state index contributed by atoms with van der Waals surface area (Å²) in [5, 5.41) is 13.4. The van der Waals surface area contributed by atoms with Crippen LogP contribution in [0.5, 0.6) is 0 Å². The van der Waals surface area contributed by atoms with Gasteiger partial charge in [-0.15, -0.1) is 11.3 Å². The number of rotatable bonds is 7. The molecule has 2 aromatic heterocycles.